The fourth-order valence-corrected chi connectivity index (χ4v) is 4.97. The number of nitrogens with zero attached hydrogens (tertiary/aromatic N) is 5. The van der Waals surface area contributed by atoms with Crippen molar-refractivity contribution in [2.45, 2.75) is 82.8 Å². The summed E-state index contributed by atoms with van der Waals surface area (Å²) in [6.45, 7) is 5.24. The van der Waals surface area contributed by atoms with Crippen LogP contribution in [0.5, 0.6) is 0 Å². The molecule has 12 nitrogen and oxygen atoms in total. The highest BCUT2D eigenvalue weighted by molar-refractivity contribution is 6.00. The SMILES string of the molecule is CN(C(=O)OC(C)(C)C)c1cc(Nc2cccn(C3CC(F)C3)c2=O)nc2c(C(=O)NC3CC[C@@H](O)C3)cnn12. The molecule has 5 rings (SSSR count). The van der Waals surface area contributed by atoms with Gasteiger partial charge in [0.2, 0.25) is 0 Å². The van der Waals surface area contributed by atoms with E-state index in [-0.39, 0.29) is 59.0 Å². The lowest BCUT2D eigenvalue weighted by atomic mass is 9.90. The summed E-state index contributed by atoms with van der Waals surface area (Å²) in [6.07, 6.45) is 3.26. The van der Waals surface area contributed by atoms with Crippen molar-refractivity contribution in [3.05, 3.63) is 46.5 Å². The number of carbonyl (C=O) groups is 2. The molecule has 3 aromatic heterocycles. The number of anilines is 3. The number of rotatable bonds is 6. The molecule has 3 N–H and O–H groups in total. The Bertz CT molecular complexity index is 1490. The lowest BCUT2D eigenvalue weighted by Crippen LogP contribution is -2.36. The van der Waals surface area contributed by atoms with E-state index >= 15 is 0 Å². The number of hydrogen-bond donors (Lipinski definition) is 3. The van der Waals surface area contributed by atoms with Gasteiger partial charge in [0.05, 0.1) is 12.3 Å². The van der Waals surface area contributed by atoms with Gasteiger partial charge in [-0.25, -0.2) is 14.2 Å². The first-order chi connectivity index (χ1) is 18.9. The van der Waals surface area contributed by atoms with E-state index in [2.05, 4.69) is 20.7 Å². The summed E-state index contributed by atoms with van der Waals surface area (Å²) in [7, 11) is 1.51. The van der Waals surface area contributed by atoms with Gasteiger partial charge in [-0.2, -0.15) is 9.61 Å². The summed E-state index contributed by atoms with van der Waals surface area (Å²) in [5.74, 6) is 0.0145. The number of amides is 2. The number of aliphatic hydroxyl groups is 1. The minimum absolute atomic E-state index is 0.155. The molecule has 2 atom stereocenters. The van der Waals surface area contributed by atoms with E-state index in [4.69, 9.17) is 4.74 Å². The van der Waals surface area contributed by atoms with Gasteiger partial charge < -0.3 is 25.0 Å². The maximum atomic E-state index is 13.5. The number of ether oxygens (including phenoxy) is 1. The molecule has 0 aliphatic heterocycles. The van der Waals surface area contributed by atoms with Gasteiger partial charge in [-0.1, -0.05) is 0 Å². The van der Waals surface area contributed by atoms with Crippen molar-refractivity contribution in [3.8, 4) is 0 Å². The zero-order chi connectivity index (χ0) is 28.8. The highest BCUT2D eigenvalue weighted by Gasteiger charge is 2.31. The van der Waals surface area contributed by atoms with Crippen LogP contribution in [-0.2, 0) is 4.74 Å². The molecule has 0 radical (unpaired) electrons. The smallest absolute Gasteiger partial charge is 0.415 e. The van der Waals surface area contributed by atoms with E-state index < -0.39 is 29.9 Å². The molecule has 0 saturated heterocycles. The Balaban J connectivity index is 1.52. The van der Waals surface area contributed by atoms with Gasteiger partial charge in [-0.15, -0.1) is 0 Å². The first-order valence-corrected chi connectivity index (χ1v) is 13.4. The topological polar surface area (TPSA) is 143 Å². The number of pyridine rings is 1. The fraction of sp³-hybridized carbons (Fsp3) is 0.519. The maximum Gasteiger partial charge on any atom is 0.415 e. The van der Waals surface area contributed by atoms with Crippen LogP contribution in [0.4, 0.5) is 26.5 Å². The number of fused-ring (bicyclic) bond motifs is 1. The predicted molar refractivity (Wildman–Crippen MR) is 146 cm³/mol. The molecule has 2 saturated carbocycles. The molecule has 0 aromatic carbocycles. The van der Waals surface area contributed by atoms with Crippen LogP contribution in [-0.4, -0.2) is 67.2 Å². The Morgan fingerprint density at radius 1 is 1.23 bits per heavy atom. The normalized spacial score (nSPS) is 22.6. The molecule has 1 unspecified atom stereocenters. The standard InChI is InChI=1S/C27H34FN7O5/c1-27(2,3)40-26(39)33(4)22-13-21(31-20-6-5-9-34(25(20)38)17-10-15(28)11-17)32-23-19(14-29-35(22)23)24(37)30-16-7-8-18(36)12-16/h5-6,9,13-18,36H,7-8,10-12H2,1-4H3,(H,30,37)(H,31,32)/t15?,16?,17?,18-/m1/s1. The Kier molecular flexibility index (Phi) is 7.25. The average molecular weight is 556 g/mol. The maximum absolute atomic E-state index is 13.5. The highest BCUT2D eigenvalue weighted by atomic mass is 19.1. The van der Waals surface area contributed by atoms with Crippen LogP contribution in [0.25, 0.3) is 5.65 Å². The first-order valence-electron chi connectivity index (χ1n) is 13.4. The number of nitrogens with one attached hydrogen (secondary N) is 2. The largest absolute Gasteiger partial charge is 0.443 e. The molecule has 2 aliphatic rings. The Hall–Kier alpha value is -4.00. The van der Waals surface area contributed by atoms with Crippen LogP contribution < -0.4 is 21.1 Å². The minimum Gasteiger partial charge on any atom is -0.443 e. The van der Waals surface area contributed by atoms with Crippen LogP contribution in [0, 0.1) is 0 Å². The Labute approximate surface area is 230 Å². The van der Waals surface area contributed by atoms with E-state index in [0.29, 0.717) is 19.3 Å². The number of carbonyl (C=O) groups excluding carboxylic acids is 2. The monoisotopic (exact) mass is 555 g/mol. The third-order valence-electron chi connectivity index (χ3n) is 7.14. The van der Waals surface area contributed by atoms with Crippen molar-refractivity contribution < 1.29 is 23.8 Å². The summed E-state index contributed by atoms with van der Waals surface area (Å²) in [5, 5.41) is 20.1. The number of aromatic nitrogens is 4. The van der Waals surface area contributed by atoms with Crippen LogP contribution in [0.3, 0.4) is 0 Å². The minimum atomic E-state index is -0.914. The highest BCUT2D eigenvalue weighted by Crippen LogP contribution is 2.34. The number of aliphatic hydroxyl groups excluding tert-OH is 1. The summed E-state index contributed by atoms with van der Waals surface area (Å²) in [5.41, 5.74) is -0.568. The average Bonchev–Trinajstić information content (AvgIpc) is 3.47. The van der Waals surface area contributed by atoms with E-state index in [1.165, 1.54) is 33.3 Å². The van der Waals surface area contributed by atoms with E-state index in [0.717, 1.165) is 0 Å². The van der Waals surface area contributed by atoms with E-state index in [9.17, 15) is 23.9 Å². The molecule has 214 valence electrons. The predicted octanol–water partition coefficient (Wildman–Crippen LogP) is 3.32. The van der Waals surface area contributed by atoms with Gasteiger partial charge in [0.15, 0.2) is 5.65 Å². The molecular formula is C27H34FN7O5. The van der Waals surface area contributed by atoms with Crippen molar-refractivity contribution in [2.75, 3.05) is 17.3 Å². The molecule has 3 heterocycles. The van der Waals surface area contributed by atoms with Crippen LogP contribution >= 0.6 is 0 Å². The van der Waals surface area contributed by atoms with Crippen LogP contribution in [0.2, 0.25) is 0 Å². The number of hydrogen-bond acceptors (Lipinski definition) is 8. The van der Waals surface area contributed by atoms with Crippen molar-refractivity contribution >= 4 is 35.0 Å². The van der Waals surface area contributed by atoms with Crippen molar-refractivity contribution in [3.63, 3.8) is 0 Å². The van der Waals surface area contributed by atoms with E-state index in [1.54, 1.807) is 39.1 Å². The molecule has 13 heteroatoms. The summed E-state index contributed by atoms with van der Waals surface area (Å²) >= 11 is 0. The molecule has 3 aromatic rings. The molecule has 0 bridgehead atoms. The third-order valence-corrected chi connectivity index (χ3v) is 7.14. The van der Waals surface area contributed by atoms with E-state index in [1.807, 2.05) is 0 Å². The van der Waals surface area contributed by atoms with Gasteiger partial charge in [0, 0.05) is 31.4 Å². The second kappa shape index (κ2) is 10.5. The second-order valence-electron chi connectivity index (χ2n) is 11.5. The van der Waals surface area contributed by atoms with Gasteiger partial charge in [0.25, 0.3) is 11.5 Å². The first kappa shape index (κ1) is 27.6. The lowest BCUT2D eigenvalue weighted by molar-refractivity contribution is 0.0587. The number of alkyl halides is 1. The molecular weight excluding hydrogens is 521 g/mol. The number of halogens is 1. The van der Waals surface area contributed by atoms with Gasteiger partial charge in [-0.3, -0.25) is 14.5 Å². The zero-order valence-electron chi connectivity index (χ0n) is 22.9. The summed E-state index contributed by atoms with van der Waals surface area (Å²) in [6, 6.07) is 4.41. The zero-order valence-corrected chi connectivity index (χ0v) is 22.9. The summed E-state index contributed by atoms with van der Waals surface area (Å²) in [4.78, 5) is 45.1. The van der Waals surface area contributed by atoms with Gasteiger partial charge in [-0.05, 0) is 65.0 Å². The molecule has 2 aliphatic carbocycles. The van der Waals surface area contributed by atoms with Crippen LogP contribution in [0.15, 0.2) is 35.4 Å². The molecule has 40 heavy (non-hydrogen) atoms. The fourth-order valence-electron chi connectivity index (χ4n) is 4.97. The summed E-state index contributed by atoms with van der Waals surface area (Å²) < 4.78 is 21.8. The van der Waals surface area contributed by atoms with Crippen molar-refractivity contribution in [1.29, 1.82) is 0 Å². The van der Waals surface area contributed by atoms with Crippen molar-refractivity contribution in [2.24, 2.45) is 0 Å². The third kappa shape index (κ3) is 5.64. The van der Waals surface area contributed by atoms with Crippen molar-refractivity contribution in [1.82, 2.24) is 24.5 Å². The molecule has 0 spiro atoms. The quantitative estimate of drug-likeness (QED) is 0.420. The molecule has 2 fully saturated rings. The Morgan fingerprint density at radius 3 is 2.62 bits per heavy atom. The van der Waals surface area contributed by atoms with Crippen LogP contribution in [0.1, 0.15) is 69.3 Å². The molecule has 2 amide bonds. The van der Waals surface area contributed by atoms with Gasteiger partial charge >= 0.3 is 6.09 Å². The lowest BCUT2D eigenvalue weighted by Gasteiger charge is -2.31. The Morgan fingerprint density at radius 2 is 1.98 bits per heavy atom. The van der Waals surface area contributed by atoms with Gasteiger partial charge in [0.1, 0.15) is 34.7 Å². The second-order valence-corrected chi connectivity index (χ2v) is 11.5.